The molecule has 3 rings (SSSR count). The van der Waals surface area contributed by atoms with Gasteiger partial charge in [0, 0.05) is 10.6 Å². The third-order valence-corrected chi connectivity index (χ3v) is 6.05. The highest BCUT2D eigenvalue weighted by Crippen LogP contribution is 2.36. The number of nitriles is 1. The number of hydrogen-bond acceptors (Lipinski definition) is 5. The van der Waals surface area contributed by atoms with Crippen molar-refractivity contribution in [1.29, 1.82) is 5.26 Å². The van der Waals surface area contributed by atoms with Crippen molar-refractivity contribution < 1.29 is 22.8 Å². The highest BCUT2D eigenvalue weighted by Gasteiger charge is 2.28. The maximum absolute atomic E-state index is 12.4. The molecular formula is C21H21F3N4O2S. The fourth-order valence-corrected chi connectivity index (χ4v) is 4.66. The first-order valence-electron chi connectivity index (χ1n) is 9.81. The van der Waals surface area contributed by atoms with Gasteiger partial charge in [-0.2, -0.15) is 18.4 Å². The standard InChI is InChI=1S/C21H21F3N4O2S/c22-21(23,24)12-27-19(30)14-7-4-5-8-16(14)26-11-18(29)28-20-15(10-25)13-6-2-1-3-9-17(13)31-20/h4-5,7-8,26H,1-3,6,9,11-12H2,(H,27,30)(H,28,29). The lowest BCUT2D eigenvalue weighted by Crippen LogP contribution is -2.34. The number of alkyl halides is 3. The van der Waals surface area contributed by atoms with Crippen molar-refractivity contribution in [3.05, 3.63) is 45.8 Å². The normalized spacial score (nSPS) is 13.5. The lowest BCUT2D eigenvalue weighted by molar-refractivity contribution is -0.123. The van der Waals surface area contributed by atoms with Gasteiger partial charge in [0.15, 0.2) is 0 Å². The van der Waals surface area contributed by atoms with Crippen LogP contribution in [0.5, 0.6) is 0 Å². The van der Waals surface area contributed by atoms with E-state index in [0.717, 1.165) is 42.5 Å². The van der Waals surface area contributed by atoms with Gasteiger partial charge in [0.2, 0.25) is 5.91 Å². The van der Waals surface area contributed by atoms with Crippen molar-refractivity contribution in [2.45, 2.75) is 38.3 Å². The number of halogens is 3. The zero-order chi connectivity index (χ0) is 22.4. The molecule has 0 saturated heterocycles. The summed E-state index contributed by atoms with van der Waals surface area (Å²) in [5.41, 5.74) is 1.75. The Morgan fingerprint density at radius 2 is 1.87 bits per heavy atom. The first kappa shape index (κ1) is 22.6. The molecule has 0 atom stereocenters. The third-order valence-electron chi connectivity index (χ3n) is 4.85. The Morgan fingerprint density at radius 3 is 2.61 bits per heavy atom. The third kappa shape index (κ3) is 5.98. The SMILES string of the molecule is N#Cc1c(NC(=O)CNc2ccccc2C(=O)NCC(F)(F)F)sc2c1CCCCC2. The molecule has 0 aliphatic heterocycles. The highest BCUT2D eigenvalue weighted by atomic mass is 32.1. The van der Waals surface area contributed by atoms with Crippen LogP contribution in [0.2, 0.25) is 0 Å². The molecule has 31 heavy (non-hydrogen) atoms. The van der Waals surface area contributed by atoms with Crippen molar-refractivity contribution in [2.24, 2.45) is 0 Å². The molecule has 2 amide bonds. The molecule has 0 bridgehead atoms. The number of aryl methyl sites for hydroxylation is 1. The fraction of sp³-hybridized carbons (Fsp3) is 0.381. The molecule has 0 radical (unpaired) electrons. The summed E-state index contributed by atoms with van der Waals surface area (Å²) < 4.78 is 37.1. The summed E-state index contributed by atoms with van der Waals surface area (Å²) >= 11 is 1.41. The van der Waals surface area contributed by atoms with Crippen LogP contribution in [0, 0.1) is 11.3 Å². The maximum Gasteiger partial charge on any atom is 0.405 e. The molecule has 0 unspecified atom stereocenters. The van der Waals surface area contributed by atoms with Crippen LogP contribution < -0.4 is 16.0 Å². The Labute approximate surface area is 181 Å². The molecule has 1 aromatic heterocycles. The smallest absolute Gasteiger partial charge is 0.376 e. The Kier molecular flexibility index (Phi) is 7.17. The summed E-state index contributed by atoms with van der Waals surface area (Å²) in [6.45, 7) is -1.66. The quantitative estimate of drug-likeness (QED) is 0.574. The number of thiophene rings is 1. The molecule has 6 nitrogen and oxygen atoms in total. The van der Waals surface area contributed by atoms with Crippen LogP contribution in [0.15, 0.2) is 24.3 Å². The van der Waals surface area contributed by atoms with E-state index in [9.17, 15) is 28.0 Å². The zero-order valence-electron chi connectivity index (χ0n) is 16.6. The Morgan fingerprint density at radius 1 is 1.13 bits per heavy atom. The summed E-state index contributed by atoms with van der Waals surface area (Å²) in [4.78, 5) is 25.7. The first-order chi connectivity index (χ1) is 14.8. The van der Waals surface area contributed by atoms with E-state index in [-0.39, 0.29) is 17.8 Å². The van der Waals surface area contributed by atoms with Gasteiger partial charge in [0.1, 0.15) is 17.6 Å². The molecular weight excluding hydrogens is 429 g/mol. The molecule has 1 aliphatic rings. The molecule has 1 heterocycles. The molecule has 0 fully saturated rings. The molecule has 164 valence electrons. The van der Waals surface area contributed by atoms with Crippen LogP contribution in [-0.2, 0) is 17.6 Å². The van der Waals surface area contributed by atoms with Crippen molar-refractivity contribution in [3.63, 3.8) is 0 Å². The van der Waals surface area contributed by atoms with Crippen LogP contribution >= 0.6 is 11.3 Å². The molecule has 2 aromatic rings. The monoisotopic (exact) mass is 450 g/mol. The van der Waals surface area contributed by atoms with E-state index >= 15 is 0 Å². The Bertz CT molecular complexity index is 1010. The van der Waals surface area contributed by atoms with E-state index in [0.29, 0.717) is 10.6 Å². The summed E-state index contributed by atoms with van der Waals surface area (Å²) in [5.74, 6) is -1.31. The number of nitrogens with one attached hydrogen (secondary N) is 3. The van der Waals surface area contributed by atoms with E-state index in [4.69, 9.17) is 0 Å². The van der Waals surface area contributed by atoms with Gasteiger partial charge in [-0.25, -0.2) is 0 Å². The Hall–Kier alpha value is -3.06. The van der Waals surface area contributed by atoms with E-state index < -0.39 is 24.5 Å². The number of nitrogens with zero attached hydrogens (tertiary/aromatic N) is 1. The van der Waals surface area contributed by atoms with Crippen LogP contribution in [0.1, 0.15) is 45.6 Å². The van der Waals surface area contributed by atoms with Gasteiger partial charge in [-0.05, 0) is 43.4 Å². The van der Waals surface area contributed by atoms with Gasteiger partial charge in [0.25, 0.3) is 5.91 Å². The second kappa shape index (κ2) is 9.83. The predicted molar refractivity (Wildman–Crippen MR) is 112 cm³/mol. The number of benzene rings is 1. The van der Waals surface area contributed by atoms with Gasteiger partial charge in [0.05, 0.1) is 17.7 Å². The number of carbonyl (C=O) groups excluding carboxylic acids is 2. The minimum Gasteiger partial charge on any atom is -0.376 e. The second-order valence-corrected chi connectivity index (χ2v) is 8.23. The second-order valence-electron chi connectivity index (χ2n) is 7.13. The van der Waals surface area contributed by atoms with Gasteiger partial charge < -0.3 is 16.0 Å². The van der Waals surface area contributed by atoms with Crippen molar-refractivity contribution in [1.82, 2.24) is 5.32 Å². The van der Waals surface area contributed by atoms with E-state index in [1.165, 1.54) is 29.5 Å². The maximum atomic E-state index is 12.4. The van der Waals surface area contributed by atoms with E-state index in [1.807, 2.05) is 5.32 Å². The van der Waals surface area contributed by atoms with Crippen LogP contribution in [0.4, 0.5) is 23.9 Å². The predicted octanol–water partition coefficient (Wildman–Crippen LogP) is 4.23. The number of para-hydroxylation sites is 1. The van der Waals surface area contributed by atoms with E-state index in [2.05, 4.69) is 16.7 Å². The number of amides is 2. The average molecular weight is 450 g/mol. The lowest BCUT2D eigenvalue weighted by Gasteiger charge is -2.13. The number of fused-ring (bicyclic) bond motifs is 1. The summed E-state index contributed by atoms with van der Waals surface area (Å²) in [6.07, 6.45) is 0.386. The van der Waals surface area contributed by atoms with Crippen molar-refractivity contribution in [2.75, 3.05) is 23.7 Å². The van der Waals surface area contributed by atoms with Crippen LogP contribution in [0.3, 0.4) is 0 Å². The topological polar surface area (TPSA) is 94.0 Å². The van der Waals surface area contributed by atoms with Crippen LogP contribution in [0.25, 0.3) is 0 Å². The van der Waals surface area contributed by atoms with Gasteiger partial charge >= 0.3 is 6.18 Å². The van der Waals surface area contributed by atoms with Gasteiger partial charge in [-0.15, -0.1) is 11.3 Å². The number of rotatable bonds is 6. The largest absolute Gasteiger partial charge is 0.405 e. The fourth-order valence-electron chi connectivity index (χ4n) is 3.41. The van der Waals surface area contributed by atoms with Crippen LogP contribution in [-0.4, -0.2) is 31.1 Å². The number of hydrogen-bond donors (Lipinski definition) is 3. The molecule has 1 aliphatic carbocycles. The molecule has 0 spiro atoms. The summed E-state index contributed by atoms with van der Waals surface area (Å²) in [5, 5.41) is 17.4. The van der Waals surface area contributed by atoms with E-state index in [1.54, 1.807) is 6.07 Å². The van der Waals surface area contributed by atoms with Gasteiger partial charge in [-0.3, -0.25) is 9.59 Å². The summed E-state index contributed by atoms with van der Waals surface area (Å²) in [6, 6.07) is 8.19. The minimum atomic E-state index is -4.52. The highest BCUT2D eigenvalue weighted by molar-refractivity contribution is 7.16. The van der Waals surface area contributed by atoms with Gasteiger partial charge in [-0.1, -0.05) is 18.6 Å². The average Bonchev–Trinajstić information content (AvgIpc) is 2.89. The van der Waals surface area contributed by atoms with Crippen molar-refractivity contribution in [3.8, 4) is 6.07 Å². The zero-order valence-corrected chi connectivity index (χ0v) is 17.4. The Balaban J connectivity index is 1.65. The van der Waals surface area contributed by atoms with Crippen molar-refractivity contribution >= 4 is 33.8 Å². The molecule has 0 saturated carbocycles. The first-order valence-corrected chi connectivity index (χ1v) is 10.6. The lowest BCUT2D eigenvalue weighted by atomic mass is 10.1. The summed E-state index contributed by atoms with van der Waals surface area (Å²) in [7, 11) is 0. The number of carbonyl (C=O) groups is 2. The molecule has 3 N–H and O–H groups in total. The molecule has 10 heteroatoms. The minimum absolute atomic E-state index is 0.0000941. The number of anilines is 2. The molecule has 1 aromatic carbocycles.